The number of ether oxygens (including phenoxy) is 1. The Hall–Kier alpha value is -0.350. The zero-order chi connectivity index (χ0) is 12.7. The second kappa shape index (κ2) is 4.73. The summed E-state index contributed by atoms with van der Waals surface area (Å²) in [6, 6.07) is 0. The predicted molar refractivity (Wildman–Crippen MR) is 74.5 cm³/mol. The van der Waals surface area contributed by atoms with Gasteiger partial charge in [-0.2, -0.15) is 0 Å². The quantitative estimate of drug-likeness (QED) is 0.696. The summed E-state index contributed by atoms with van der Waals surface area (Å²) in [4.78, 5) is 12.0. The lowest BCUT2D eigenvalue weighted by atomic mass is 9.92. The molecule has 2 nitrogen and oxygen atoms in total. The molecule has 4 heteroatoms. The van der Waals surface area contributed by atoms with Crippen molar-refractivity contribution in [2.24, 2.45) is 0 Å². The fraction of sp³-hybridized carbons (Fsp3) is 0.462. The SMILES string of the molecule is CCC1Cc2c(Br)c(C)c(Br)c(C)c2C(=O)O1. The highest BCUT2D eigenvalue weighted by molar-refractivity contribution is 9.11. The molecule has 0 radical (unpaired) electrons. The van der Waals surface area contributed by atoms with E-state index in [9.17, 15) is 4.79 Å². The normalized spacial score (nSPS) is 18.9. The van der Waals surface area contributed by atoms with E-state index >= 15 is 0 Å². The maximum absolute atomic E-state index is 12.0. The van der Waals surface area contributed by atoms with E-state index in [2.05, 4.69) is 31.9 Å². The van der Waals surface area contributed by atoms with E-state index in [1.54, 1.807) is 0 Å². The van der Waals surface area contributed by atoms with Crippen molar-refractivity contribution in [1.82, 2.24) is 0 Å². The van der Waals surface area contributed by atoms with Gasteiger partial charge in [-0.1, -0.05) is 38.8 Å². The van der Waals surface area contributed by atoms with Gasteiger partial charge in [-0.3, -0.25) is 0 Å². The molecule has 0 spiro atoms. The zero-order valence-electron chi connectivity index (χ0n) is 10.1. The summed E-state index contributed by atoms with van der Waals surface area (Å²) in [5.74, 6) is -0.197. The summed E-state index contributed by atoms with van der Waals surface area (Å²) < 4.78 is 7.42. The molecule has 1 aliphatic heterocycles. The third kappa shape index (κ3) is 2.06. The van der Waals surface area contributed by atoms with E-state index in [0.29, 0.717) is 0 Å². The van der Waals surface area contributed by atoms with E-state index in [-0.39, 0.29) is 12.1 Å². The van der Waals surface area contributed by atoms with Gasteiger partial charge in [0.2, 0.25) is 0 Å². The maximum Gasteiger partial charge on any atom is 0.339 e. The van der Waals surface area contributed by atoms with Crippen LogP contribution < -0.4 is 0 Å². The number of halogens is 2. The van der Waals surface area contributed by atoms with E-state index in [4.69, 9.17) is 4.74 Å². The number of carbonyl (C=O) groups is 1. The minimum Gasteiger partial charge on any atom is -0.458 e. The molecule has 2 rings (SSSR count). The first-order valence-electron chi connectivity index (χ1n) is 5.65. The van der Waals surface area contributed by atoms with Gasteiger partial charge in [0.1, 0.15) is 6.10 Å². The van der Waals surface area contributed by atoms with Crippen LogP contribution in [-0.4, -0.2) is 12.1 Å². The van der Waals surface area contributed by atoms with Crippen molar-refractivity contribution < 1.29 is 9.53 Å². The molecule has 1 aromatic carbocycles. The Labute approximate surface area is 118 Å². The van der Waals surface area contributed by atoms with Crippen molar-refractivity contribution in [1.29, 1.82) is 0 Å². The van der Waals surface area contributed by atoms with Crippen molar-refractivity contribution in [2.75, 3.05) is 0 Å². The molecule has 0 aliphatic carbocycles. The fourth-order valence-corrected chi connectivity index (χ4v) is 3.45. The van der Waals surface area contributed by atoms with Crippen LogP contribution in [0.25, 0.3) is 0 Å². The number of benzene rings is 1. The van der Waals surface area contributed by atoms with Gasteiger partial charge in [0, 0.05) is 15.4 Å². The Bertz CT molecular complexity index is 495. The number of hydrogen-bond acceptors (Lipinski definition) is 2. The van der Waals surface area contributed by atoms with Crippen LogP contribution in [0.15, 0.2) is 8.95 Å². The second-order valence-electron chi connectivity index (χ2n) is 4.37. The predicted octanol–water partition coefficient (Wildman–Crippen LogP) is 4.32. The van der Waals surface area contributed by atoms with Crippen LogP contribution in [0.4, 0.5) is 0 Å². The molecule has 0 saturated carbocycles. The third-order valence-electron chi connectivity index (χ3n) is 3.29. The van der Waals surface area contributed by atoms with E-state index in [1.165, 1.54) is 0 Å². The Morgan fingerprint density at radius 2 is 1.88 bits per heavy atom. The molecule has 1 unspecified atom stereocenters. The molecule has 0 saturated heterocycles. The largest absolute Gasteiger partial charge is 0.458 e. The Balaban J connectivity index is 2.68. The van der Waals surface area contributed by atoms with Crippen LogP contribution in [-0.2, 0) is 11.2 Å². The van der Waals surface area contributed by atoms with Gasteiger partial charge in [-0.15, -0.1) is 0 Å². The number of esters is 1. The van der Waals surface area contributed by atoms with Gasteiger partial charge in [0.15, 0.2) is 0 Å². The highest BCUT2D eigenvalue weighted by Crippen LogP contribution is 2.38. The zero-order valence-corrected chi connectivity index (χ0v) is 13.2. The first kappa shape index (κ1) is 13.1. The second-order valence-corrected chi connectivity index (χ2v) is 5.96. The van der Waals surface area contributed by atoms with Gasteiger partial charge in [0.25, 0.3) is 0 Å². The number of hydrogen-bond donors (Lipinski definition) is 0. The summed E-state index contributed by atoms with van der Waals surface area (Å²) in [7, 11) is 0. The average Bonchev–Trinajstić information content (AvgIpc) is 2.32. The first-order valence-corrected chi connectivity index (χ1v) is 7.24. The molecule has 1 atom stereocenters. The van der Waals surface area contributed by atoms with Gasteiger partial charge < -0.3 is 4.74 Å². The van der Waals surface area contributed by atoms with Crippen LogP contribution in [0.5, 0.6) is 0 Å². The molecule has 0 bridgehead atoms. The summed E-state index contributed by atoms with van der Waals surface area (Å²) in [6.45, 7) is 6.04. The lowest BCUT2D eigenvalue weighted by Gasteiger charge is -2.27. The van der Waals surface area contributed by atoms with E-state index < -0.39 is 0 Å². The number of cyclic esters (lactones) is 1. The summed E-state index contributed by atoms with van der Waals surface area (Å²) in [5.41, 5.74) is 3.93. The fourth-order valence-electron chi connectivity index (χ4n) is 2.23. The molecule has 0 aromatic heterocycles. The maximum atomic E-state index is 12.0. The molecule has 92 valence electrons. The summed E-state index contributed by atoms with van der Waals surface area (Å²) in [5, 5.41) is 0. The molecule has 0 amide bonds. The monoisotopic (exact) mass is 360 g/mol. The Morgan fingerprint density at radius 1 is 1.24 bits per heavy atom. The van der Waals surface area contributed by atoms with Crippen LogP contribution >= 0.6 is 31.9 Å². The van der Waals surface area contributed by atoms with Gasteiger partial charge >= 0.3 is 5.97 Å². The average molecular weight is 362 g/mol. The lowest BCUT2D eigenvalue weighted by molar-refractivity contribution is 0.0247. The molecule has 1 heterocycles. The number of fused-ring (bicyclic) bond motifs is 1. The van der Waals surface area contributed by atoms with Crippen molar-refractivity contribution in [3.8, 4) is 0 Å². The van der Waals surface area contributed by atoms with Crippen LogP contribution in [0, 0.1) is 13.8 Å². The molecule has 17 heavy (non-hydrogen) atoms. The third-order valence-corrected chi connectivity index (χ3v) is 5.56. The first-order chi connectivity index (χ1) is 7.97. The van der Waals surface area contributed by atoms with Crippen LogP contribution in [0.1, 0.15) is 40.4 Å². The number of carbonyl (C=O) groups excluding carboxylic acids is 1. The summed E-state index contributed by atoms with van der Waals surface area (Å²) >= 11 is 7.13. The smallest absolute Gasteiger partial charge is 0.339 e. The van der Waals surface area contributed by atoms with E-state index in [0.717, 1.165) is 44.0 Å². The number of rotatable bonds is 1. The highest BCUT2D eigenvalue weighted by Gasteiger charge is 2.30. The minimum absolute atomic E-state index is 0.00581. The molecule has 1 aliphatic rings. The van der Waals surface area contributed by atoms with Gasteiger partial charge in [0.05, 0.1) is 5.56 Å². The van der Waals surface area contributed by atoms with Crippen LogP contribution in [0.3, 0.4) is 0 Å². The standard InChI is InChI=1S/C13H14Br2O2/c1-4-8-5-9-10(13(16)17-8)6(2)11(14)7(3)12(9)15/h8H,4-5H2,1-3H3. The molecule has 0 N–H and O–H groups in total. The van der Waals surface area contributed by atoms with Gasteiger partial charge in [-0.05, 0) is 37.0 Å². The van der Waals surface area contributed by atoms with Crippen molar-refractivity contribution >= 4 is 37.8 Å². The Kier molecular flexibility index (Phi) is 3.64. The highest BCUT2D eigenvalue weighted by atomic mass is 79.9. The molecule has 1 aromatic rings. The Morgan fingerprint density at radius 3 is 2.47 bits per heavy atom. The van der Waals surface area contributed by atoms with Crippen molar-refractivity contribution in [2.45, 2.75) is 39.7 Å². The molecular formula is C13H14Br2O2. The van der Waals surface area contributed by atoms with Crippen molar-refractivity contribution in [3.63, 3.8) is 0 Å². The minimum atomic E-state index is -0.197. The topological polar surface area (TPSA) is 26.3 Å². The van der Waals surface area contributed by atoms with Crippen molar-refractivity contribution in [3.05, 3.63) is 31.2 Å². The van der Waals surface area contributed by atoms with Gasteiger partial charge in [-0.25, -0.2) is 4.79 Å². The van der Waals surface area contributed by atoms with Crippen LogP contribution in [0.2, 0.25) is 0 Å². The molecule has 0 fully saturated rings. The molecular weight excluding hydrogens is 348 g/mol. The van der Waals surface area contributed by atoms with E-state index in [1.807, 2.05) is 20.8 Å². The summed E-state index contributed by atoms with van der Waals surface area (Å²) in [6.07, 6.45) is 1.66. The lowest BCUT2D eigenvalue weighted by Crippen LogP contribution is -2.28.